The molecule has 1 aliphatic heterocycles. The van der Waals surface area contributed by atoms with Crippen molar-refractivity contribution in [3.8, 4) is 0 Å². The van der Waals surface area contributed by atoms with E-state index in [9.17, 15) is 8.78 Å². The van der Waals surface area contributed by atoms with Crippen LogP contribution in [0.2, 0.25) is 0 Å². The Morgan fingerprint density at radius 2 is 2.04 bits per heavy atom. The van der Waals surface area contributed by atoms with Crippen LogP contribution in [0.5, 0.6) is 0 Å². The van der Waals surface area contributed by atoms with E-state index in [1.54, 1.807) is 23.5 Å². The van der Waals surface area contributed by atoms with Crippen molar-refractivity contribution in [2.24, 2.45) is 0 Å². The monoisotopic (exact) mass is 347 g/mol. The molecule has 4 rings (SSSR count). The molecular formula is C17H15F2N3OS. The molecule has 0 amide bonds. The highest BCUT2D eigenvalue weighted by atomic mass is 32.1. The normalized spacial score (nSPS) is 18.5. The first-order chi connectivity index (χ1) is 11.7. The third-order valence-electron chi connectivity index (χ3n) is 4.02. The number of hydrogen-bond donors (Lipinski definition) is 0. The van der Waals surface area contributed by atoms with E-state index >= 15 is 0 Å². The third-order valence-corrected chi connectivity index (χ3v) is 4.99. The molecule has 1 aromatic carbocycles. The molecule has 0 N–H and O–H groups in total. The van der Waals surface area contributed by atoms with E-state index in [0.29, 0.717) is 31.0 Å². The van der Waals surface area contributed by atoms with E-state index in [0.717, 1.165) is 10.3 Å². The van der Waals surface area contributed by atoms with Gasteiger partial charge in [0.2, 0.25) is 0 Å². The zero-order valence-electron chi connectivity index (χ0n) is 12.7. The lowest BCUT2D eigenvalue weighted by Gasteiger charge is -2.34. The summed E-state index contributed by atoms with van der Waals surface area (Å²) in [4.78, 5) is 11.3. The van der Waals surface area contributed by atoms with Gasteiger partial charge < -0.3 is 9.64 Å². The van der Waals surface area contributed by atoms with Crippen molar-refractivity contribution >= 4 is 28.1 Å². The van der Waals surface area contributed by atoms with Gasteiger partial charge in [-0.2, -0.15) is 0 Å². The highest BCUT2D eigenvalue weighted by Gasteiger charge is 2.26. The Morgan fingerprint density at radius 3 is 2.83 bits per heavy atom. The topological polar surface area (TPSA) is 38.2 Å². The second-order valence-corrected chi connectivity index (χ2v) is 6.52. The second kappa shape index (κ2) is 6.41. The lowest BCUT2D eigenvalue weighted by atomic mass is 10.2. The van der Waals surface area contributed by atoms with Gasteiger partial charge in [-0.1, -0.05) is 18.2 Å². The summed E-state index contributed by atoms with van der Waals surface area (Å²) in [6.07, 6.45) is -2.76. The van der Waals surface area contributed by atoms with Crippen LogP contribution in [0.4, 0.5) is 14.6 Å². The van der Waals surface area contributed by atoms with Crippen molar-refractivity contribution in [3.63, 3.8) is 0 Å². The summed E-state index contributed by atoms with van der Waals surface area (Å²) in [7, 11) is 0. The lowest BCUT2D eigenvalue weighted by Crippen LogP contribution is -2.39. The first kappa shape index (κ1) is 15.4. The van der Waals surface area contributed by atoms with Crippen molar-refractivity contribution in [1.29, 1.82) is 0 Å². The van der Waals surface area contributed by atoms with Gasteiger partial charge in [0, 0.05) is 16.8 Å². The summed E-state index contributed by atoms with van der Waals surface area (Å²) in [5, 5.41) is 2.79. The summed E-state index contributed by atoms with van der Waals surface area (Å²) in [6, 6.07) is 11.3. The van der Waals surface area contributed by atoms with E-state index in [1.807, 2.05) is 34.5 Å². The number of ether oxygens (including phenoxy) is 1. The van der Waals surface area contributed by atoms with Crippen molar-refractivity contribution in [2.75, 3.05) is 24.6 Å². The summed E-state index contributed by atoms with van der Waals surface area (Å²) >= 11 is 1.63. The predicted octanol–water partition coefficient (Wildman–Crippen LogP) is 4.21. The summed E-state index contributed by atoms with van der Waals surface area (Å²) in [5.74, 6) is 0.128. The zero-order chi connectivity index (χ0) is 16.5. The van der Waals surface area contributed by atoms with Gasteiger partial charge in [0.25, 0.3) is 6.43 Å². The maximum atomic E-state index is 13.2. The molecule has 3 aromatic rings. The SMILES string of the molecule is FC(F)c1nc(N2CCOC(c3cccs3)C2)c2ccccc2n1. The Bertz CT molecular complexity index is 841. The Kier molecular flexibility index (Phi) is 4.12. The molecule has 4 nitrogen and oxygen atoms in total. The van der Waals surface area contributed by atoms with E-state index in [-0.39, 0.29) is 6.10 Å². The molecule has 1 unspecified atom stereocenters. The zero-order valence-corrected chi connectivity index (χ0v) is 13.5. The van der Waals surface area contributed by atoms with Gasteiger partial charge in [-0.15, -0.1) is 11.3 Å². The molecule has 0 radical (unpaired) electrons. The average Bonchev–Trinajstić information content (AvgIpc) is 3.15. The molecule has 0 saturated carbocycles. The number of thiophene rings is 1. The molecule has 1 saturated heterocycles. The van der Waals surface area contributed by atoms with Crippen LogP contribution in [0.15, 0.2) is 41.8 Å². The highest BCUT2D eigenvalue weighted by molar-refractivity contribution is 7.10. The molecule has 7 heteroatoms. The first-order valence-electron chi connectivity index (χ1n) is 7.67. The molecule has 0 bridgehead atoms. The molecule has 2 aromatic heterocycles. The maximum absolute atomic E-state index is 13.2. The van der Waals surface area contributed by atoms with Gasteiger partial charge in [-0.3, -0.25) is 0 Å². The van der Waals surface area contributed by atoms with Gasteiger partial charge in [0.05, 0.1) is 18.7 Å². The van der Waals surface area contributed by atoms with Crippen LogP contribution >= 0.6 is 11.3 Å². The minimum Gasteiger partial charge on any atom is -0.369 e. The van der Waals surface area contributed by atoms with Crippen LogP contribution in [0.1, 0.15) is 23.2 Å². The Hall–Kier alpha value is -2.12. The first-order valence-corrected chi connectivity index (χ1v) is 8.55. The summed E-state index contributed by atoms with van der Waals surface area (Å²) < 4.78 is 32.2. The van der Waals surface area contributed by atoms with Gasteiger partial charge in [-0.25, -0.2) is 18.7 Å². The number of para-hydroxylation sites is 1. The quantitative estimate of drug-likeness (QED) is 0.711. The van der Waals surface area contributed by atoms with Gasteiger partial charge >= 0.3 is 0 Å². The van der Waals surface area contributed by atoms with Crippen LogP contribution in [0, 0.1) is 0 Å². The fraction of sp³-hybridized carbons (Fsp3) is 0.294. The molecule has 24 heavy (non-hydrogen) atoms. The predicted molar refractivity (Wildman–Crippen MR) is 89.7 cm³/mol. The standard InChI is InChI=1S/C17H15F2N3OS/c18-15(19)16-20-12-5-2-1-4-11(12)17(21-16)22-7-8-23-13(10-22)14-6-3-9-24-14/h1-6,9,13,15H,7-8,10H2. The van der Waals surface area contributed by atoms with Crippen molar-refractivity contribution in [2.45, 2.75) is 12.5 Å². The fourth-order valence-electron chi connectivity index (χ4n) is 2.90. The summed E-state index contributed by atoms with van der Waals surface area (Å²) in [5.41, 5.74) is 0.539. The minimum absolute atomic E-state index is 0.0672. The largest absolute Gasteiger partial charge is 0.369 e. The van der Waals surface area contributed by atoms with Crippen molar-refractivity contribution in [3.05, 3.63) is 52.5 Å². The minimum atomic E-state index is -2.69. The number of nitrogens with zero attached hydrogens (tertiary/aromatic N) is 3. The van der Waals surface area contributed by atoms with E-state index in [4.69, 9.17) is 4.74 Å². The van der Waals surface area contributed by atoms with E-state index in [2.05, 4.69) is 9.97 Å². The fourth-order valence-corrected chi connectivity index (χ4v) is 3.67. The number of alkyl halides is 2. The molecule has 124 valence electrons. The number of rotatable bonds is 3. The number of halogens is 2. The van der Waals surface area contributed by atoms with Crippen molar-refractivity contribution < 1.29 is 13.5 Å². The Morgan fingerprint density at radius 1 is 1.17 bits per heavy atom. The average molecular weight is 347 g/mol. The lowest BCUT2D eigenvalue weighted by molar-refractivity contribution is 0.0419. The van der Waals surface area contributed by atoms with E-state index < -0.39 is 12.2 Å². The smallest absolute Gasteiger partial charge is 0.297 e. The maximum Gasteiger partial charge on any atom is 0.297 e. The van der Waals surface area contributed by atoms with Gasteiger partial charge in [-0.05, 0) is 23.6 Å². The Labute approximate surface area is 141 Å². The van der Waals surface area contributed by atoms with Crippen LogP contribution in [-0.4, -0.2) is 29.7 Å². The molecule has 0 spiro atoms. The number of aromatic nitrogens is 2. The van der Waals surface area contributed by atoms with Crippen molar-refractivity contribution in [1.82, 2.24) is 9.97 Å². The summed E-state index contributed by atoms with van der Waals surface area (Å²) in [6.45, 7) is 1.74. The van der Waals surface area contributed by atoms with Crippen LogP contribution in [0.3, 0.4) is 0 Å². The van der Waals surface area contributed by atoms with Crippen LogP contribution in [0.25, 0.3) is 10.9 Å². The van der Waals surface area contributed by atoms with Crippen LogP contribution < -0.4 is 4.90 Å². The number of fused-ring (bicyclic) bond motifs is 1. The third kappa shape index (κ3) is 2.85. The molecule has 0 aliphatic carbocycles. The highest BCUT2D eigenvalue weighted by Crippen LogP contribution is 2.32. The second-order valence-electron chi connectivity index (χ2n) is 5.54. The molecule has 1 aliphatic rings. The van der Waals surface area contributed by atoms with E-state index in [1.165, 1.54) is 0 Å². The van der Waals surface area contributed by atoms with Crippen LogP contribution in [-0.2, 0) is 4.74 Å². The molecule has 1 fully saturated rings. The van der Waals surface area contributed by atoms with Gasteiger partial charge in [0.1, 0.15) is 11.9 Å². The van der Waals surface area contributed by atoms with Gasteiger partial charge in [0.15, 0.2) is 5.82 Å². The molecule has 1 atom stereocenters. The molecular weight excluding hydrogens is 332 g/mol. The number of anilines is 1. The number of benzene rings is 1. The Balaban J connectivity index is 1.74. The molecule has 3 heterocycles. The number of morpholine rings is 1. The number of hydrogen-bond acceptors (Lipinski definition) is 5.